The average molecular weight is 250 g/mol. The number of anilines is 1. The standard InChI is InChI=1S/C12H19N3OSi/c1-17(2)9-15-12(16)10-3-5-11(6-4-10)14-8-7-13/h3-6H,7-9,13H2,1-2H3,(H-,14,15,16)/p+1. The number of carbonyl (C=O) groups is 1. The van der Waals surface area contributed by atoms with Crippen LogP contribution in [0, 0.1) is 0 Å². The van der Waals surface area contributed by atoms with Gasteiger partial charge in [-0.05, 0) is 24.3 Å². The van der Waals surface area contributed by atoms with Gasteiger partial charge in [-0.25, -0.2) is 0 Å². The molecule has 0 aliphatic rings. The molecule has 0 fully saturated rings. The minimum Gasteiger partial charge on any atom is -0.384 e. The number of hydrogen-bond acceptors (Lipinski definition) is 3. The Bertz CT molecular complexity index is 351. The summed E-state index contributed by atoms with van der Waals surface area (Å²) in [6.45, 7) is 5.68. The van der Waals surface area contributed by atoms with Gasteiger partial charge < -0.3 is 16.4 Å². The molecule has 1 rings (SSSR count). The number of hydrogen-bond donors (Lipinski definition) is 3. The maximum Gasteiger partial charge on any atom is 0.329 e. The zero-order valence-electron chi connectivity index (χ0n) is 10.4. The first-order valence-electron chi connectivity index (χ1n) is 5.74. The van der Waals surface area contributed by atoms with Crippen molar-refractivity contribution in [3.05, 3.63) is 29.8 Å². The summed E-state index contributed by atoms with van der Waals surface area (Å²) in [5.41, 5.74) is 7.09. The van der Waals surface area contributed by atoms with E-state index in [4.69, 9.17) is 5.73 Å². The molecule has 0 spiro atoms. The van der Waals surface area contributed by atoms with Crippen molar-refractivity contribution in [2.24, 2.45) is 5.73 Å². The van der Waals surface area contributed by atoms with Crippen LogP contribution in [0.4, 0.5) is 5.69 Å². The van der Waals surface area contributed by atoms with Crippen LogP contribution in [-0.2, 0) is 0 Å². The van der Waals surface area contributed by atoms with Crippen LogP contribution in [0.2, 0.25) is 13.1 Å². The third-order valence-electron chi connectivity index (χ3n) is 2.22. The van der Waals surface area contributed by atoms with Gasteiger partial charge in [-0.2, -0.15) is 0 Å². The first-order valence-corrected chi connectivity index (χ1v) is 8.45. The van der Waals surface area contributed by atoms with Crippen molar-refractivity contribution < 1.29 is 4.79 Å². The van der Waals surface area contributed by atoms with E-state index in [2.05, 4.69) is 23.7 Å². The third-order valence-corrected chi connectivity index (χ3v) is 3.11. The van der Waals surface area contributed by atoms with E-state index < -0.39 is 8.80 Å². The number of amides is 1. The molecule has 4 N–H and O–H groups in total. The molecular weight excluding hydrogens is 230 g/mol. The highest BCUT2D eigenvalue weighted by atomic mass is 28.3. The van der Waals surface area contributed by atoms with Crippen molar-refractivity contribution in [2.75, 3.05) is 24.6 Å². The maximum atomic E-state index is 11.7. The number of nitrogens with one attached hydrogen (secondary N) is 2. The Morgan fingerprint density at radius 3 is 2.47 bits per heavy atom. The average Bonchev–Trinajstić information content (AvgIpc) is 2.34. The van der Waals surface area contributed by atoms with Crippen LogP contribution in [0.15, 0.2) is 24.3 Å². The summed E-state index contributed by atoms with van der Waals surface area (Å²) in [4.78, 5) is 11.7. The number of carbonyl (C=O) groups excluding carboxylic acids is 1. The second-order valence-electron chi connectivity index (χ2n) is 4.18. The smallest absolute Gasteiger partial charge is 0.329 e. The van der Waals surface area contributed by atoms with Crippen LogP contribution >= 0.6 is 0 Å². The quantitative estimate of drug-likeness (QED) is 0.662. The van der Waals surface area contributed by atoms with E-state index in [1.165, 1.54) is 0 Å². The molecule has 1 aromatic carbocycles. The first kappa shape index (κ1) is 13.7. The van der Waals surface area contributed by atoms with E-state index in [0.29, 0.717) is 12.1 Å². The summed E-state index contributed by atoms with van der Waals surface area (Å²) in [6.07, 6.45) is 0.802. The van der Waals surface area contributed by atoms with Gasteiger partial charge in [0.05, 0.1) is 13.1 Å². The molecular formula is C12H20N3OSi+. The summed E-state index contributed by atoms with van der Waals surface area (Å²) >= 11 is 0. The summed E-state index contributed by atoms with van der Waals surface area (Å²) in [6, 6.07) is 7.44. The van der Waals surface area contributed by atoms with Crippen LogP contribution < -0.4 is 16.4 Å². The Labute approximate surface area is 104 Å². The molecule has 92 valence electrons. The van der Waals surface area contributed by atoms with Crippen molar-refractivity contribution in [1.82, 2.24) is 5.32 Å². The van der Waals surface area contributed by atoms with Crippen molar-refractivity contribution >= 4 is 20.4 Å². The highest BCUT2D eigenvalue weighted by Crippen LogP contribution is 2.08. The predicted octanol–water partition coefficient (Wildman–Crippen LogP) is 1.08. The molecule has 0 heterocycles. The Hall–Kier alpha value is -1.33. The van der Waals surface area contributed by atoms with Crippen LogP contribution in [0.5, 0.6) is 0 Å². The summed E-state index contributed by atoms with van der Waals surface area (Å²) < 4.78 is 0. The summed E-state index contributed by atoms with van der Waals surface area (Å²) in [5.74, 6) is 0.00146. The van der Waals surface area contributed by atoms with Crippen molar-refractivity contribution in [2.45, 2.75) is 13.1 Å². The van der Waals surface area contributed by atoms with E-state index in [9.17, 15) is 4.79 Å². The molecule has 0 aliphatic heterocycles. The summed E-state index contributed by atoms with van der Waals surface area (Å²) in [5, 5.41) is 6.09. The molecule has 5 heteroatoms. The fourth-order valence-electron chi connectivity index (χ4n) is 1.32. The van der Waals surface area contributed by atoms with Crippen LogP contribution in [0.1, 0.15) is 10.4 Å². The first-order chi connectivity index (χ1) is 8.13. The van der Waals surface area contributed by atoms with Crippen molar-refractivity contribution in [3.8, 4) is 0 Å². The SMILES string of the molecule is C[Si+](C)CNC(=O)c1ccc(NCCN)cc1. The molecule has 17 heavy (non-hydrogen) atoms. The van der Waals surface area contributed by atoms with Crippen molar-refractivity contribution in [1.29, 1.82) is 0 Å². The largest absolute Gasteiger partial charge is 0.384 e. The topological polar surface area (TPSA) is 67.2 Å². The Morgan fingerprint density at radius 2 is 1.94 bits per heavy atom. The van der Waals surface area contributed by atoms with Gasteiger partial charge in [0, 0.05) is 24.3 Å². The number of rotatable bonds is 6. The van der Waals surface area contributed by atoms with Gasteiger partial charge in [0.1, 0.15) is 6.17 Å². The Balaban J connectivity index is 2.51. The van der Waals surface area contributed by atoms with Gasteiger partial charge in [-0.1, -0.05) is 0 Å². The van der Waals surface area contributed by atoms with E-state index in [0.717, 1.165) is 18.4 Å². The molecule has 0 aliphatic carbocycles. The molecule has 4 nitrogen and oxygen atoms in total. The maximum absolute atomic E-state index is 11.7. The second-order valence-corrected chi connectivity index (χ2v) is 6.95. The lowest BCUT2D eigenvalue weighted by Gasteiger charge is -2.06. The van der Waals surface area contributed by atoms with Gasteiger partial charge in [0.2, 0.25) is 0 Å². The minimum absolute atomic E-state index is 0.00146. The van der Waals surface area contributed by atoms with Crippen LogP contribution in [0.25, 0.3) is 0 Å². The van der Waals surface area contributed by atoms with Crippen LogP contribution in [-0.4, -0.2) is 34.0 Å². The zero-order chi connectivity index (χ0) is 12.7. The molecule has 0 saturated carbocycles. The molecule has 0 radical (unpaired) electrons. The van der Waals surface area contributed by atoms with Gasteiger partial charge >= 0.3 is 8.80 Å². The van der Waals surface area contributed by atoms with Gasteiger partial charge in [-0.3, -0.25) is 4.79 Å². The molecule has 0 atom stereocenters. The lowest BCUT2D eigenvalue weighted by molar-refractivity contribution is 0.0960. The Kier molecular flexibility index (Phi) is 5.72. The molecule has 0 aromatic heterocycles. The molecule has 0 unspecified atom stereocenters. The monoisotopic (exact) mass is 250 g/mol. The molecule has 0 saturated heterocycles. The molecule has 1 amide bonds. The third kappa shape index (κ3) is 5.01. The second kappa shape index (κ2) is 7.08. The highest BCUT2D eigenvalue weighted by molar-refractivity contribution is 6.56. The predicted molar refractivity (Wildman–Crippen MR) is 73.8 cm³/mol. The van der Waals surface area contributed by atoms with E-state index in [1.54, 1.807) is 0 Å². The lowest BCUT2D eigenvalue weighted by atomic mass is 10.2. The van der Waals surface area contributed by atoms with Crippen LogP contribution in [0.3, 0.4) is 0 Å². The van der Waals surface area contributed by atoms with Gasteiger partial charge in [0.25, 0.3) is 5.91 Å². The summed E-state index contributed by atoms with van der Waals surface area (Å²) in [7, 11) is -0.415. The minimum atomic E-state index is -0.415. The van der Waals surface area contributed by atoms with E-state index in [-0.39, 0.29) is 5.91 Å². The Morgan fingerprint density at radius 1 is 1.29 bits per heavy atom. The fraction of sp³-hybridized carbons (Fsp3) is 0.417. The number of nitrogens with two attached hydrogens (primary N) is 1. The normalized spacial score (nSPS) is 9.82. The fourth-order valence-corrected chi connectivity index (χ4v) is 1.83. The highest BCUT2D eigenvalue weighted by Gasteiger charge is 2.13. The van der Waals surface area contributed by atoms with Gasteiger partial charge in [0.15, 0.2) is 0 Å². The van der Waals surface area contributed by atoms with E-state index in [1.807, 2.05) is 24.3 Å². The molecule has 0 bridgehead atoms. The molecule has 1 aromatic rings. The number of benzene rings is 1. The van der Waals surface area contributed by atoms with Gasteiger partial charge in [-0.15, -0.1) is 0 Å². The lowest BCUT2D eigenvalue weighted by Crippen LogP contribution is -2.31. The van der Waals surface area contributed by atoms with Crippen molar-refractivity contribution in [3.63, 3.8) is 0 Å². The zero-order valence-corrected chi connectivity index (χ0v) is 11.4. The van der Waals surface area contributed by atoms with E-state index >= 15 is 0 Å².